The highest BCUT2D eigenvalue weighted by Gasteiger charge is 2.25. The Hall–Kier alpha value is -1.39. The fourth-order valence-corrected chi connectivity index (χ4v) is 1.76. The van der Waals surface area contributed by atoms with E-state index in [-0.39, 0.29) is 17.8 Å². The van der Waals surface area contributed by atoms with E-state index in [1.807, 2.05) is 0 Å². The van der Waals surface area contributed by atoms with Crippen LogP contribution in [0.15, 0.2) is 6.20 Å². The Kier molecular flexibility index (Phi) is 3.22. The molecule has 0 aromatic carbocycles. The quantitative estimate of drug-likeness (QED) is 0.804. The van der Waals surface area contributed by atoms with Crippen LogP contribution in [0.4, 0.5) is 16.2 Å². The molecule has 1 aliphatic rings. The topological polar surface area (TPSA) is 63.8 Å². The smallest absolute Gasteiger partial charge is 0.222 e. The molecule has 3 N–H and O–H groups in total. The summed E-state index contributed by atoms with van der Waals surface area (Å²) in [6.45, 7) is 2.09. The molecule has 1 fully saturated rings. The van der Waals surface area contributed by atoms with Gasteiger partial charge in [0.1, 0.15) is 0 Å². The minimum atomic E-state index is -0.441. The van der Waals surface area contributed by atoms with Gasteiger partial charge < -0.3 is 11.1 Å². The molecular formula is C11H17FN4. The number of nitrogens with two attached hydrogens (primary N) is 1. The maximum absolute atomic E-state index is 13.4. The van der Waals surface area contributed by atoms with Gasteiger partial charge in [0.15, 0.2) is 11.6 Å². The Labute approximate surface area is 94.5 Å². The van der Waals surface area contributed by atoms with Crippen LogP contribution in [0.2, 0.25) is 0 Å². The lowest BCUT2D eigenvalue weighted by Crippen LogP contribution is -2.21. The monoisotopic (exact) mass is 224 g/mol. The number of hydrogen-bond acceptors (Lipinski definition) is 4. The van der Waals surface area contributed by atoms with Gasteiger partial charge in [-0.25, -0.2) is 9.37 Å². The predicted molar refractivity (Wildman–Crippen MR) is 61.4 cm³/mol. The molecule has 0 amide bonds. The van der Waals surface area contributed by atoms with E-state index in [9.17, 15) is 4.39 Å². The van der Waals surface area contributed by atoms with E-state index in [0.717, 1.165) is 25.0 Å². The first-order valence-corrected chi connectivity index (χ1v) is 5.73. The average Bonchev–Trinajstić information content (AvgIpc) is 3.06. The first-order valence-electron chi connectivity index (χ1n) is 5.73. The van der Waals surface area contributed by atoms with Crippen LogP contribution in [-0.2, 0) is 0 Å². The van der Waals surface area contributed by atoms with Gasteiger partial charge in [-0.1, -0.05) is 19.8 Å². The minimum absolute atomic E-state index is 0.102. The summed E-state index contributed by atoms with van der Waals surface area (Å²) in [7, 11) is 0. The zero-order chi connectivity index (χ0) is 11.5. The van der Waals surface area contributed by atoms with Crippen molar-refractivity contribution in [3.05, 3.63) is 12.0 Å². The van der Waals surface area contributed by atoms with Crippen molar-refractivity contribution in [2.45, 2.75) is 38.6 Å². The molecule has 1 saturated carbocycles. The van der Waals surface area contributed by atoms with E-state index in [4.69, 9.17) is 5.73 Å². The molecule has 1 aromatic heterocycles. The standard InChI is InChI=1S/C11H17FN4/c1-2-8(5-7-3-4-7)15-10-9(12)6-14-11(13)16-10/h6-8H,2-5H2,1H3,(H3,13,14,15,16). The first-order chi connectivity index (χ1) is 7.69. The largest absolute Gasteiger partial charge is 0.368 e. The van der Waals surface area contributed by atoms with Gasteiger partial charge >= 0.3 is 0 Å². The maximum atomic E-state index is 13.4. The van der Waals surface area contributed by atoms with Crippen molar-refractivity contribution < 1.29 is 4.39 Å². The van der Waals surface area contributed by atoms with Crippen molar-refractivity contribution in [2.24, 2.45) is 5.92 Å². The summed E-state index contributed by atoms with van der Waals surface area (Å²) in [4.78, 5) is 7.47. The van der Waals surface area contributed by atoms with Crippen molar-refractivity contribution in [3.8, 4) is 0 Å². The number of nitrogens with one attached hydrogen (secondary N) is 1. The minimum Gasteiger partial charge on any atom is -0.368 e. The van der Waals surface area contributed by atoms with E-state index >= 15 is 0 Å². The molecular weight excluding hydrogens is 207 g/mol. The fraction of sp³-hybridized carbons (Fsp3) is 0.636. The van der Waals surface area contributed by atoms with Crippen LogP contribution in [0, 0.1) is 11.7 Å². The molecule has 0 radical (unpaired) electrons. The van der Waals surface area contributed by atoms with Gasteiger partial charge in [0.05, 0.1) is 6.20 Å². The third kappa shape index (κ3) is 2.81. The van der Waals surface area contributed by atoms with Gasteiger partial charge in [-0.05, 0) is 18.8 Å². The third-order valence-corrected chi connectivity index (χ3v) is 2.91. The van der Waals surface area contributed by atoms with Crippen LogP contribution in [0.1, 0.15) is 32.6 Å². The van der Waals surface area contributed by atoms with Crippen LogP contribution in [-0.4, -0.2) is 16.0 Å². The molecule has 4 nitrogen and oxygen atoms in total. The van der Waals surface area contributed by atoms with E-state index in [1.165, 1.54) is 12.8 Å². The lowest BCUT2D eigenvalue weighted by molar-refractivity contribution is 0.569. The van der Waals surface area contributed by atoms with Gasteiger partial charge in [0, 0.05) is 6.04 Å². The number of rotatable bonds is 5. The number of halogens is 1. The number of aromatic nitrogens is 2. The molecule has 0 saturated heterocycles. The summed E-state index contributed by atoms with van der Waals surface area (Å²) < 4.78 is 13.4. The predicted octanol–water partition coefficient (Wildman–Crippen LogP) is 2.19. The lowest BCUT2D eigenvalue weighted by Gasteiger charge is -2.17. The number of nitrogens with zero attached hydrogens (tertiary/aromatic N) is 2. The second-order valence-corrected chi connectivity index (χ2v) is 4.35. The highest BCUT2D eigenvalue weighted by Crippen LogP contribution is 2.34. The second-order valence-electron chi connectivity index (χ2n) is 4.35. The molecule has 5 heteroatoms. The summed E-state index contributed by atoms with van der Waals surface area (Å²) in [6, 6.07) is 0.274. The number of hydrogen-bond donors (Lipinski definition) is 2. The Balaban J connectivity index is 2.01. The summed E-state index contributed by atoms with van der Waals surface area (Å²) in [5, 5.41) is 3.10. The van der Waals surface area contributed by atoms with Gasteiger partial charge in [-0.15, -0.1) is 0 Å². The lowest BCUT2D eigenvalue weighted by atomic mass is 10.1. The molecule has 1 aliphatic carbocycles. The van der Waals surface area contributed by atoms with Crippen molar-refractivity contribution in [1.29, 1.82) is 0 Å². The SMILES string of the molecule is CCC(CC1CC1)Nc1nc(N)ncc1F. The third-order valence-electron chi connectivity index (χ3n) is 2.91. The molecule has 2 rings (SSSR count). The van der Waals surface area contributed by atoms with Crippen LogP contribution < -0.4 is 11.1 Å². The van der Waals surface area contributed by atoms with E-state index in [0.29, 0.717) is 0 Å². The first kappa shape index (κ1) is 11.1. The maximum Gasteiger partial charge on any atom is 0.222 e. The second kappa shape index (κ2) is 4.63. The Morgan fingerprint density at radius 3 is 3.00 bits per heavy atom. The Morgan fingerprint density at radius 2 is 2.38 bits per heavy atom. The molecule has 0 bridgehead atoms. The fourth-order valence-electron chi connectivity index (χ4n) is 1.76. The summed E-state index contributed by atoms with van der Waals surface area (Å²) >= 11 is 0. The Bertz CT molecular complexity index is 365. The van der Waals surface area contributed by atoms with Gasteiger partial charge in [0.2, 0.25) is 5.95 Å². The van der Waals surface area contributed by atoms with Gasteiger partial charge in [-0.3, -0.25) is 0 Å². The van der Waals surface area contributed by atoms with Crippen molar-refractivity contribution in [1.82, 2.24) is 9.97 Å². The van der Waals surface area contributed by atoms with Crippen LogP contribution in [0.5, 0.6) is 0 Å². The number of anilines is 2. The molecule has 88 valence electrons. The molecule has 1 heterocycles. The van der Waals surface area contributed by atoms with Crippen LogP contribution >= 0.6 is 0 Å². The molecule has 16 heavy (non-hydrogen) atoms. The highest BCUT2D eigenvalue weighted by molar-refractivity contribution is 5.40. The number of nitrogen functional groups attached to an aromatic ring is 1. The normalized spacial score (nSPS) is 17.1. The zero-order valence-corrected chi connectivity index (χ0v) is 9.41. The molecule has 0 aliphatic heterocycles. The summed E-state index contributed by atoms with van der Waals surface area (Å²) in [5.74, 6) is 0.688. The Morgan fingerprint density at radius 1 is 1.62 bits per heavy atom. The van der Waals surface area contributed by atoms with Crippen LogP contribution in [0.25, 0.3) is 0 Å². The van der Waals surface area contributed by atoms with E-state index < -0.39 is 5.82 Å². The molecule has 1 aromatic rings. The zero-order valence-electron chi connectivity index (χ0n) is 9.41. The molecule has 1 unspecified atom stereocenters. The van der Waals surface area contributed by atoms with Crippen LogP contribution in [0.3, 0.4) is 0 Å². The molecule has 0 spiro atoms. The van der Waals surface area contributed by atoms with Crippen molar-refractivity contribution >= 4 is 11.8 Å². The average molecular weight is 224 g/mol. The van der Waals surface area contributed by atoms with Crippen molar-refractivity contribution in [2.75, 3.05) is 11.1 Å². The molecule has 1 atom stereocenters. The van der Waals surface area contributed by atoms with Crippen molar-refractivity contribution in [3.63, 3.8) is 0 Å². The van der Waals surface area contributed by atoms with E-state index in [2.05, 4.69) is 22.2 Å². The van der Waals surface area contributed by atoms with E-state index in [1.54, 1.807) is 0 Å². The van der Waals surface area contributed by atoms with Gasteiger partial charge in [-0.2, -0.15) is 4.98 Å². The summed E-state index contributed by atoms with van der Waals surface area (Å²) in [6.07, 6.45) is 5.74. The van der Waals surface area contributed by atoms with Gasteiger partial charge in [0.25, 0.3) is 0 Å². The highest BCUT2D eigenvalue weighted by atomic mass is 19.1. The summed E-state index contributed by atoms with van der Waals surface area (Å²) in [5.41, 5.74) is 5.43.